The Balaban J connectivity index is 1.45. The molecule has 0 atom stereocenters. The maximum atomic E-state index is 12.6. The van der Waals surface area contributed by atoms with E-state index in [2.05, 4.69) is 35.4 Å². The second-order valence-corrected chi connectivity index (χ2v) is 6.92. The summed E-state index contributed by atoms with van der Waals surface area (Å²) in [5.74, 6) is 0.138. The van der Waals surface area contributed by atoms with Crippen molar-refractivity contribution in [2.75, 3.05) is 13.1 Å². The van der Waals surface area contributed by atoms with Crippen LogP contribution in [-0.4, -0.2) is 44.6 Å². The van der Waals surface area contributed by atoms with E-state index in [9.17, 15) is 4.79 Å². The third-order valence-electron chi connectivity index (χ3n) is 5.61. The molecule has 1 saturated heterocycles. The summed E-state index contributed by atoms with van der Waals surface area (Å²) >= 11 is 0. The minimum Gasteiger partial charge on any atom is -0.342 e. The third-order valence-corrected chi connectivity index (χ3v) is 5.61. The second-order valence-electron chi connectivity index (χ2n) is 6.92. The predicted molar refractivity (Wildman–Crippen MR) is 96.1 cm³/mol. The fourth-order valence-electron chi connectivity index (χ4n) is 4.07. The second kappa shape index (κ2) is 6.10. The monoisotopic (exact) mass is 337 g/mol. The smallest absolute Gasteiger partial charge is 0.228 e. The topological polar surface area (TPSA) is 63.4 Å². The molecule has 2 aliphatic heterocycles. The molecule has 0 N–H and O–H groups in total. The molecule has 6 nitrogen and oxygen atoms in total. The molecule has 1 spiro atoms. The van der Waals surface area contributed by atoms with Crippen LogP contribution < -0.4 is 0 Å². The molecule has 1 amide bonds. The molecule has 0 unspecified atom stereocenters. The number of rotatable bonds is 3. The first-order valence-corrected chi connectivity index (χ1v) is 8.94. The third kappa shape index (κ3) is 2.65. The lowest BCUT2D eigenvalue weighted by Crippen LogP contribution is -2.47. The number of hydrogen-bond acceptors (Lipinski definition) is 4. The molecule has 1 aromatic heterocycles. The number of nitrogens with zero attached hydrogens (tertiary/aromatic N) is 5. The molecule has 0 bridgehead atoms. The molecule has 3 heterocycles. The fourth-order valence-corrected chi connectivity index (χ4v) is 4.07. The zero-order chi connectivity index (χ0) is 17.4. The maximum absolute atomic E-state index is 12.6. The first-order chi connectivity index (χ1) is 12.1. The van der Waals surface area contributed by atoms with Crippen LogP contribution in [0.15, 0.2) is 35.5 Å². The number of piperidine rings is 1. The Kier molecular flexibility index (Phi) is 3.90. The van der Waals surface area contributed by atoms with Crippen LogP contribution in [-0.2, 0) is 23.2 Å². The van der Waals surface area contributed by atoms with Gasteiger partial charge < -0.3 is 4.90 Å². The maximum Gasteiger partial charge on any atom is 0.228 e. The van der Waals surface area contributed by atoms with Gasteiger partial charge in [0.1, 0.15) is 0 Å². The van der Waals surface area contributed by atoms with Gasteiger partial charge in [-0.05, 0) is 38.3 Å². The number of likely N-dealkylation sites (tertiary alicyclic amines) is 1. The minimum absolute atomic E-state index is 0.0126. The number of para-hydroxylation sites is 1. The Bertz CT molecular complexity index is 830. The number of aryl methyl sites for hydroxylation is 1. The molecule has 2 aromatic rings. The van der Waals surface area contributed by atoms with Crippen molar-refractivity contribution < 1.29 is 4.79 Å². The van der Waals surface area contributed by atoms with Crippen molar-refractivity contribution >= 4 is 17.3 Å². The van der Waals surface area contributed by atoms with Gasteiger partial charge in [0.05, 0.1) is 17.8 Å². The average Bonchev–Trinajstić information content (AvgIpc) is 3.19. The van der Waals surface area contributed by atoms with E-state index in [1.165, 1.54) is 11.3 Å². The molecule has 1 aromatic carbocycles. The molecule has 0 aliphatic carbocycles. The molecule has 130 valence electrons. The van der Waals surface area contributed by atoms with Gasteiger partial charge in [-0.15, -0.1) is 5.10 Å². The highest BCUT2D eigenvalue weighted by atomic mass is 16.2. The summed E-state index contributed by atoms with van der Waals surface area (Å²) in [6.45, 7) is 6.43. The molecule has 2 aliphatic rings. The lowest BCUT2D eigenvalue weighted by molar-refractivity contribution is -0.131. The number of amides is 1. The summed E-state index contributed by atoms with van der Waals surface area (Å²) in [6.07, 6.45) is 4.06. The van der Waals surface area contributed by atoms with Crippen LogP contribution >= 0.6 is 0 Å². The number of benzene rings is 1. The Morgan fingerprint density at radius 3 is 2.72 bits per heavy atom. The van der Waals surface area contributed by atoms with Crippen LogP contribution in [0, 0.1) is 0 Å². The van der Waals surface area contributed by atoms with E-state index in [0.717, 1.165) is 43.9 Å². The highest BCUT2D eigenvalue weighted by molar-refractivity contribution is 6.00. The van der Waals surface area contributed by atoms with Crippen LogP contribution in [0.4, 0.5) is 5.69 Å². The van der Waals surface area contributed by atoms with Crippen LogP contribution in [0.25, 0.3) is 0 Å². The average molecular weight is 337 g/mol. The van der Waals surface area contributed by atoms with Gasteiger partial charge in [0.25, 0.3) is 0 Å². The molecular weight excluding hydrogens is 314 g/mol. The number of fused-ring (bicyclic) bond motifs is 2. The summed E-state index contributed by atoms with van der Waals surface area (Å²) in [6, 6.07) is 8.40. The summed E-state index contributed by atoms with van der Waals surface area (Å²) in [5, 5.41) is 8.09. The van der Waals surface area contributed by atoms with Gasteiger partial charge in [-0.1, -0.05) is 23.4 Å². The molecule has 0 saturated carbocycles. The van der Waals surface area contributed by atoms with Gasteiger partial charge in [-0.2, -0.15) is 0 Å². The van der Waals surface area contributed by atoms with Crippen molar-refractivity contribution in [2.45, 2.75) is 45.1 Å². The van der Waals surface area contributed by atoms with Crippen molar-refractivity contribution in [3.8, 4) is 0 Å². The Hall–Kier alpha value is -2.50. The van der Waals surface area contributed by atoms with E-state index in [0.29, 0.717) is 6.42 Å². The summed E-state index contributed by atoms with van der Waals surface area (Å²) < 4.78 is 1.75. The van der Waals surface area contributed by atoms with Crippen molar-refractivity contribution in [3.63, 3.8) is 0 Å². The van der Waals surface area contributed by atoms with Crippen LogP contribution in [0.3, 0.4) is 0 Å². The lowest BCUT2D eigenvalue weighted by atomic mass is 9.71. The van der Waals surface area contributed by atoms with Crippen molar-refractivity contribution in [1.82, 2.24) is 19.9 Å². The van der Waals surface area contributed by atoms with E-state index in [4.69, 9.17) is 4.99 Å². The normalized spacial score (nSPS) is 18.3. The Labute approximate surface area is 147 Å². The minimum atomic E-state index is 0.0126. The molecule has 0 radical (unpaired) electrons. The molecule has 4 rings (SSSR count). The lowest BCUT2D eigenvalue weighted by Gasteiger charge is -2.40. The highest BCUT2D eigenvalue weighted by Crippen LogP contribution is 2.46. The molecule has 25 heavy (non-hydrogen) atoms. The number of aromatic nitrogens is 3. The van der Waals surface area contributed by atoms with Crippen LogP contribution in [0.2, 0.25) is 0 Å². The van der Waals surface area contributed by atoms with Gasteiger partial charge in [0, 0.05) is 37.0 Å². The van der Waals surface area contributed by atoms with Gasteiger partial charge in [0.2, 0.25) is 5.91 Å². The van der Waals surface area contributed by atoms with Gasteiger partial charge >= 0.3 is 0 Å². The van der Waals surface area contributed by atoms with E-state index in [1.807, 2.05) is 24.1 Å². The van der Waals surface area contributed by atoms with Crippen molar-refractivity contribution in [1.29, 1.82) is 0 Å². The number of carbonyl (C=O) groups is 1. The molecule has 1 fully saturated rings. The molecule has 6 heteroatoms. The van der Waals surface area contributed by atoms with E-state index in [1.54, 1.807) is 4.68 Å². The Morgan fingerprint density at radius 2 is 2.00 bits per heavy atom. The van der Waals surface area contributed by atoms with Gasteiger partial charge in [0.15, 0.2) is 0 Å². The van der Waals surface area contributed by atoms with Crippen molar-refractivity contribution in [3.05, 3.63) is 41.7 Å². The first kappa shape index (κ1) is 16.0. The summed E-state index contributed by atoms with van der Waals surface area (Å²) in [7, 11) is 0. The van der Waals surface area contributed by atoms with E-state index in [-0.39, 0.29) is 11.3 Å². The van der Waals surface area contributed by atoms with Crippen LogP contribution in [0.5, 0.6) is 0 Å². The number of aliphatic imine (C=N–C) groups is 1. The zero-order valence-corrected chi connectivity index (χ0v) is 14.8. The number of carbonyl (C=O) groups excluding carboxylic acids is 1. The van der Waals surface area contributed by atoms with Gasteiger partial charge in [-0.25, -0.2) is 0 Å². The SMILES string of the molecule is CCn1cc(CC(=O)N2CCC3(CC2)C(C)=Nc2ccccc23)nn1. The van der Waals surface area contributed by atoms with Crippen LogP contribution in [0.1, 0.15) is 37.9 Å². The molecular formula is C19H23N5O. The standard InChI is InChI=1S/C19H23N5O/c1-3-24-13-15(21-22-24)12-18(25)23-10-8-19(9-11-23)14(2)20-17-7-5-4-6-16(17)19/h4-7,13H,3,8-12H2,1-2H3. The zero-order valence-electron chi connectivity index (χ0n) is 14.8. The predicted octanol–water partition coefficient (Wildman–Crippen LogP) is 2.51. The van der Waals surface area contributed by atoms with Crippen molar-refractivity contribution in [2.24, 2.45) is 4.99 Å². The quantitative estimate of drug-likeness (QED) is 0.864. The summed E-state index contributed by atoms with van der Waals surface area (Å²) in [4.78, 5) is 19.3. The largest absolute Gasteiger partial charge is 0.342 e. The Morgan fingerprint density at radius 1 is 1.24 bits per heavy atom. The fraction of sp³-hybridized carbons (Fsp3) is 0.474. The number of hydrogen-bond donors (Lipinski definition) is 0. The van der Waals surface area contributed by atoms with E-state index >= 15 is 0 Å². The summed E-state index contributed by atoms with van der Waals surface area (Å²) in [5.41, 5.74) is 4.36. The highest BCUT2D eigenvalue weighted by Gasteiger charge is 2.44. The first-order valence-electron chi connectivity index (χ1n) is 8.94. The van der Waals surface area contributed by atoms with E-state index < -0.39 is 0 Å². The van der Waals surface area contributed by atoms with Gasteiger partial charge in [-0.3, -0.25) is 14.5 Å².